The summed E-state index contributed by atoms with van der Waals surface area (Å²) in [5.74, 6) is 1.07. The number of carbonyl (C=O) groups is 1. The second kappa shape index (κ2) is 11.0. The predicted octanol–water partition coefficient (Wildman–Crippen LogP) is 3.03. The first-order valence-electron chi connectivity index (χ1n) is 9.54. The largest absolute Gasteiger partial charge is 0.357 e. The number of hydrogen-bond acceptors (Lipinski definition) is 3. The number of guanidine groups is 1. The first-order valence-corrected chi connectivity index (χ1v) is 9.54. The zero-order chi connectivity index (χ0) is 19.1. The lowest BCUT2D eigenvalue weighted by Gasteiger charge is -2.24. The number of aliphatic imine (C=N–C) groups is 1. The van der Waals surface area contributed by atoms with Gasteiger partial charge >= 0.3 is 0 Å². The van der Waals surface area contributed by atoms with E-state index in [1.807, 2.05) is 49.0 Å². The van der Waals surface area contributed by atoms with Crippen LogP contribution in [-0.4, -0.2) is 28.2 Å². The molecule has 7 nitrogen and oxygen atoms in total. The third-order valence-electron chi connectivity index (χ3n) is 4.79. The van der Waals surface area contributed by atoms with E-state index >= 15 is 0 Å². The van der Waals surface area contributed by atoms with Gasteiger partial charge in [-0.05, 0) is 43.5 Å². The van der Waals surface area contributed by atoms with Crippen molar-refractivity contribution in [1.82, 2.24) is 20.4 Å². The molecule has 1 aliphatic carbocycles. The topological polar surface area (TPSA) is 83.3 Å². The van der Waals surface area contributed by atoms with E-state index in [0.717, 1.165) is 48.7 Å². The molecule has 0 spiro atoms. The number of carbonyl (C=O) groups excluding carboxylic acids is 1. The number of aromatic nitrogens is 2. The van der Waals surface area contributed by atoms with Crippen molar-refractivity contribution in [2.24, 2.45) is 18.0 Å². The van der Waals surface area contributed by atoms with Gasteiger partial charge in [-0.1, -0.05) is 18.6 Å². The number of halogens is 1. The van der Waals surface area contributed by atoms with Gasteiger partial charge in [0, 0.05) is 31.4 Å². The van der Waals surface area contributed by atoms with Gasteiger partial charge in [0.15, 0.2) is 5.96 Å². The van der Waals surface area contributed by atoms with Crippen LogP contribution in [0.25, 0.3) is 0 Å². The van der Waals surface area contributed by atoms with Crippen molar-refractivity contribution in [3.8, 4) is 0 Å². The lowest BCUT2D eigenvalue weighted by Crippen LogP contribution is -2.37. The smallest absolute Gasteiger partial charge is 0.227 e. The molecule has 0 aliphatic heterocycles. The third-order valence-corrected chi connectivity index (χ3v) is 4.79. The Morgan fingerprint density at radius 2 is 2.11 bits per heavy atom. The van der Waals surface area contributed by atoms with Crippen LogP contribution in [0.3, 0.4) is 0 Å². The molecule has 0 atom stereocenters. The lowest BCUT2D eigenvalue weighted by molar-refractivity contribution is -0.122. The normalized spacial score (nSPS) is 14.0. The van der Waals surface area contributed by atoms with Crippen molar-refractivity contribution in [3.05, 3.63) is 47.8 Å². The molecule has 1 amide bonds. The van der Waals surface area contributed by atoms with E-state index in [9.17, 15) is 4.79 Å². The summed E-state index contributed by atoms with van der Waals surface area (Å²) in [5, 5.41) is 13.8. The van der Waals surface area contributed by atoms with Crippen molar-refractivity contribution in [1.29, 1.82) is 0 Å². The zero-order valence-electron chi connectivity index (χ0n) is 16.4. The average Bonchev–Trinajstić information content (AvgIpc) is 3.01. The van der Waals surface area contributed by atoms with Crippen LogP contribution in [0.1, 0.15) is 37.4 Å². The molecule has 2 aromatic rings. The summed E-state index contributed by atoms with van der Waals surface area (Å²) in [4.78, 5) is 16.8. The van der Waals surface area contributed by atoms with Crippen molar-refractivity contribution < 1.29 is 4.79 Å². The highest BCUT2D eigenvalue weighted by Gasteiger charge is 2.25. The molecule has 3 rings (SSSR count). The average molecular weight is 496 g/mol. The minimum Gasteiger partial charge on any atom is -0.357 e. The molecular formula is C20H29IN6O. The quantitative estimate of drug-likeness (QED) is 0.313. The fourth-order valence-corrected chi connectivity index (χ4v) is 2.92. The molecule has 0 unspecified atom stereocenters. The van der Waals surface area contributed by atoms with Crippen LogP contribution in [0, 0.1) is 5.92 Å². The first kappa shape index (κ1) is 22.2. The standard InChI is InChI=1S/C20H28N6O.HI/c1-3-21-20(23-14-18-10-11-24-26(18)2)22-13-15-6-4-9-17(12-15)25-19(27)16-7-5-8-16;/h4,6,9-12,16H,3,5,7-8,13-14H2,1-2H3,(H,25,27)(H2,21,22,23);1H. The molecule has 3 N–H and O–H groups in total. The minimum atomic E-state index is 0. The summed E-state index contributed by atoms with van der Waals surface area (Å²) in [6.07, 6.45) is 4.95. The summed E-state index contributed by atoms with van der Waals surface area (Å²) in [6.45, 7) is 4.01. The van der Waals surface area contributed by atoms with Crippen LogP contribution >= 0.6 is 24.0 Å². The van der Waals surface area contributed by atoms with E-state index in [-0.39, 0.29) is 35.8 Å². The molecular weight excluding hydrogens is 467 g/mol. The van der Waals surface area contributed by atoms with Crippen LogP contribution in [0.2, 0.25) is 0 Å². The van der Waals surface area contributed by atoms with E-state index in [0.29, 0.717) is 13.1 Å². The van der Waals surface area contributed by atoms with Crippen molar-refractivity contribution >= 4 is 41.5 Å². The molecule has 0 radical (unpaired) electrons. The Kier molecular flexibility index (Phi) is 8.75. The molecule has 152 valence electrons. The van der Waals surface area contributed by atoms with Crippen LogP contribution in [0.4, 0.5) is 5.69 Å². The molecule has 1 saturated carbocycles. The summed E-state index contributed by atoms with van der Waals surface area (Å²) < 4.78 is 1.84. The van der Waals surface area contributed by atoms with E-state index in [1.165, 1.54) is 0 Å². The van der Waals surface area contributed by atoms with Gasteiger partial charge in [-0.25, -0.2) is 4.99 Å². The Morgan fingerprint density at radius 3 is 2.75 bits per heavy atom. The molecule has 1 fully saturated rings. The van der Waals surface area contributed by atoms with Gasteiger partial charge in [-0.2, -0.15) is 5.10 Å². The van der Waals surface area contributed by atoms with Gasteiger partial charge in [-0.15, -0.1) is 24.0 Å². The highest BCUT2D eigenvalue weighted by molar-refractivity contribution is 14.0. The Hall–Kier alpha value is -2.10. The zero-order valence-corrected chi connectivity index (χ0v) is 18.8. The highest BCUT2D eigenvalue weighted by atomic mass is 127. The fourth-order valence-electron chi connectivity index (χ4n) is 2.92. The van der Waals surface area contributed by atoms with Gasteiger partial charge in [0.2, 0.25) is 5.91 Å². The maximum absolute atomic E-state index is 12.1. The Bertz CT molecular complexity index is 799. The SMILES string of the molecule is CCNC(=NCc1cccc(NC(=O)C2CCC2)c1)NCc1ccnn1C.I. The number of nitrogens with zero attached hydrogens (tertiary/aromatic N) is 3. The second-order valence-corrected chi connectivity index (χ2v) is 6.81. The van der Waals surface area contributed by atoms with Crippen LogP contribution < -0.4 is 16.0 Å². The van der Waals surface area contributed by atoms with Gasteiger partial charge < -0.3 is 16.0 Å². The number of hydrogen-bond donors (Lipinski definition) is 3. The molecule has 0 saturated heterocycles. The number of nitrogens with one attached hydrogen (secondary N) is 3. The van der Waals surface area contributed by atoms with E-state index in [4.69, 9.17) is 0 Å². The molecule has 1 aliphatic rings. The van der Waals surface area contributed by atoms with Gasteiger partial charge in [0.05, 0.1) is 18.8 Å². The van der Waals surface area contributed by atoms with E-state index in [1.54, 1.807) is 6.20 Å². The molecule has 28 heavy (non-hydrogen) atoms. The Balaban J connectivity index is 0.00000280. The molecule has 8 heteroatoms. The number of aryl methyl sites for hydroxylation is 1. The van der Waals surface area contributed by atoms with E-state index < -0.39 is 0 Å². The van der Waals surface area contributed by atoms with Crippen LogP contribution in [0.15, 0.2) is 41.5 Å². The number of anilines is 1. The molecule has 1 heterocycles. The lowest BCUT2D eigenvalue weighted by atomic mass is 9.85. The Morgan fingerprint density at radius 1 is 1.29 bits per heavy atom. The molecule has 0 bridgehead atoms. The molecule has 1 aromatic heterocycles. The predicted molar refractivity (Wildman–Crippen MR) is 123 cm³/mol. The van der Waals surface area contributed by atoms with Gasteiger partial charge in [0.25, 0.3) is 0 Å². The van der Waals surface area contributed by atoms with E-state index in [2.05, 4.69) is 26.0 Å². The third kappa shape index (κ3) is 6.22. The van der Waals surface area contributed by atoms with Gasteiger partial charge in [0.1, 0.15) is 0 Å². The van der Waals surface area contributed by atoms with Crippen molar-refractivity contribution in [2.45, 2.75) is 39.3 Å². The highest BCUT2D eigenvalue weighted by Crippen LogP contribution is 2.27. The minimum absolute atomic E-state index is 0. The van der Waals surface area contributed by atoms with Gasteiger partial charge in [-0.3, -0.25) is 9.48 Å². The summed E-state index contributed by atoms with van der Waals surface area (Å²) in [7, 11) is 1.92. The number of rotatable bonds is 7. The number of benzene rings is 1. The van der Waals surface area contributed by atoms with Crippen molar-refractivity contribution in [2.75, 3.05) is 11.9 Å². The maximum atomic E-state index is 12.1. The summed E-state index contributed by atoms with van der Waals surface area (Å²) in [5.41, 5.74) is 2.98. The van der Waals surface area contributed by atoms with Crippen LogP contribution in [-0.2, 0) is 24.9 Å². The maximum Gasteiger partial charge on any atom is 0.227 e. The van der Waals surface area contributed by atoms with Crippen molar-refractivity contribution in [3.63, 3.8) is 0 Å². The van der Waals surface area contributed by atoms with Crippen LogP contribution in [0.5, 0.6) is 0 Å². The second-order valence-electron chi connectivity index (χ2n) is 6.81. The summed E-state index contributed by atoms with van der Waals surface area (Å²) >= 11 is 0. The molecule has 1 aromatic carbocycles. The first-order chi connectivity index (χ1) is 13.2. The number of amides is 1. The fraction of sp³-hybridized carbons (Fsp3) is 0.450. The Labute approximate surface area is 183 Å². The monoisotopic (exact) mass is 496 g/mol. The summed E-state index contributed by atoms with van der Waals surface area (Å²) in [6, 6.07) is 9.87.